The van der Waals surface area contributed by atoms with Crippen LogP contribution in [0.5, 0.6) is 0 Å². The number of amides is 1. The predicted octanol–water partition coefficient (Wildman–Crippen LogP) is 12.9. The van der Waals surface area contributed by atoms with Gasteiger partial charge in [-0.1, -0.05) is 166 Å². The zero-order chi connectivity index (χ0) is 38.7. The first-order chi connectivity index (χ1) is 26.0. The van der Waals surface area contributed by atoms with Crippen LogP contribution in [0, 0.1) is 0 Å². The summed E-state index contributed by atoms with van der Waals surface area (Å²) in [7, 11) is 0. The number of hydrogen-bond acceptors (Lipinski definition) is 5. The van der Waals surface area contributed by atoms with E-state index in [2.05, 4.69) is 43.5 Å². The minimum absolute atomic E-state index is 0.0366. The highest BCUT2D eigenvalue weighted by Gasteiger charge is 2.18. The fourth-order valence-corrected chi connectivity index (χ4v) is 6.55. The molecule has 0 heterocycles. The summed E-state index contributed by atoms with van der Waals surface area (Å²) in [4.78, 5) is 24.3. The molecule has 0 spiro atoms. The molecule has 0 fully saturated rings. The number of hydrogen-bond donors (Lipinski definition) is 3. The van der Waals surface area contributed by atoms with Crippen LogP contribution in [0.25, 0.3) is 0 Å². The van der Waals surface area contributed by atoms with Gasteiger partial charge in [0.05, 0.1) is 25.4 Å². The average molecular weight is 746 g/mol. The van der Waals surface area contributed by atoms with E-state index in [9.17, 15) is 19.8 Å². The molecule has 6 heteroatoms. The van der Waals surface area contributed by atoms with Crippen molar-refractivity contribution in [3.63, 3.8) is 0 Å². The molecule has 0 aliphatic rings. The van der Waals surface area contributed by atoms with Gasteiger partial charge in [-0.15, -0.1) is 0 Å². The van der Waals surface area contributed by atoms with Crippen molar-refractivity contribution in [2.75, 3.05) is 13.2 Å². The smallest absolute Gasteiger partial charge is 0.305 e. The number of ether oxygens (including phenoxy) is 1. The van der Waals surface area contributed by atoms with Crippen molar-refractivity contribution in [1.29, 1.82) is 0 Å². The number of aliphatic hydroxyl groups is 2. The maximum absolute atomic E-state index is 12.4. The standard InChI is InChI=1S/C47H87NO5/c1-3-5-7-9-11-13-15-16-20-23-27-31-35-39-45(50)44(43-49)48-46(51)40-36-32-28-24-21-17-18-22-26-30-34-38-42-53-47(52)41-37-33-29-25-19-14-12-10-8-6-4-2/h10,12,18,22,35,39,44-45,49-50H,3-9,11,13-17,19-21,23-34,36-38,40-43H2,1-2H3,(H,48,51)/b12-10-,22-18-,39-35+. The molecule has 2 atom stereocenters. The molecule has 0 aromatic carbocycles. The van der Waals surface area contributed by atoms with Gasteiger partial charge < -0.3 is 20.3 Å². The second-order valence-corrected chi connectivity index (χ2v) is 15.4. The molecule has 0 aromatic heterocycles. The minimum atomic E-state index is -0.859. The van der Waals surface area contributed by atoms with Crippen molar-refractivity contribution in [3.8, 4) is 0 Å². The van der Waals surface area contributed by atoms with E-state index in [0.717, 1.165) is 83.5 Å². The zero-order valence-corrected chi connectivity index (χ0v) is 35.0. The fourth-order valence-electron chi connectivity index (χ4n) is 6.55. The molecule has 3 N–H and O–H groups in total. The summed E-state index contributed by atoms with van der Waals surface area (Å²) in [6, 6.07) is -0.645. The van der Waals surface area contributed by atoms with Gasteiger partial charge in [-0.3, -0.25) is 9.59 Å². The SMILES string of the molecule is CCCC/C=C\CCCCCCCC(=O)OCCCCC/C=C\CCCCCCCC(=O)NC(CO)C(O)/C=C/CCCCCCCCCCCCC. The van der Waals surface area contributed by atoms with Crippen LogP contribution in [-0.4, -0.2) is 47.4 Å². The molecule has 0 rings (SSSR count). The topological polar surface area (TPSA) is 95.9 Å². The molecule has 0 radical (unpaired) electrons. The number of aliphatic hydroxyl groups excluding tert-OH is 2. The van der Waals surface area contributed by atoms with Crippen LogP contribution in [-0.2, 0) is 14.3 Å². The first-order valence-electron chi connectivity index (χ1n) is 22.8. The van der Waals surface area contributed by atoms with E-state index in [1.54, 1.807) is 6.08 Å². The van der Waals surface area contributed by atoms with Gasteiger partial charge in [0.15, 0.2) is 0 Å². The Kier molecular flexibility index (Phi) is 41.3. The van der Waals surface area contributed by atoms with Gasteiger partial charge in [0, 0.05) is 12.8 Å². The van der Waals surface area contributed by atoms with E-state index >= 15 is 0 Å². The van der Waals surface area contributed by atoms with Crippen LogP contribution in [0.2, 0.25) is 0 Å². The Morgan fingerprint density at radius 3 is 1.40 bits per heavy atom. The number of carbonyl (C=O) groups excluding carboxylic acids is 2. The van der Waals surface area contributed by atoms with Crippen LogP contribution in [0.4, 0.5) is 0 Å². The van der Waals surface area contributed by atoms with Crippen LogP contribution in [0.1, 0.15) is 226 Å². The molecular weight excluding hydrogens is 659 g/mol. The summed E-state index contributed by atoms with van der Waals surface area (Å²) in [5, 5.41) is 22.9. The van der Waals surface area contributed by atoms with Crippen LogP contribution in [0.3, 0.4) is 0 Å². The van der Waals surface area contributed by atoms with E-state index < -0.39 is 12.1 Å². The minimum Gasteiger partial charge on any atom is -0.466 e. The molecule has 0 saturated heterocycles. The Hall–Kier alpha value is -1.92. The van der Waals surface area contributed by atoms with E-state index in [-0.39, 0.29) is 18.5 Å². The van der Waals surface area contributed by atoms with Gasteiger partial charge in [-0.05, 0) is 83.5 Å². The van der Waals surface area contributed by atoms with Gasteiger partial charge in [0.25, 0.3) is 0 Å². The van der Waals surface area contributed by atoms with Crippen LogP contribution < -0.4 is 5.32 Å². The molecule has 2 unspecified atom stereocenters. The maximum atomic E-state index is 12.4. The molecule has 310 valence electrons. The van der Waals surface area contributed by atoms with Crippen molar-refractivity contribution in [1.82, 2.24) is 5.32 Å². The van der Waals surface area contributed by atoms with Crippen molar-refractivity contribution < 1.29 is 24.5 Å². The summed E-state index contributed by atoms with van der Waals surface area (Å²) in [5.74, 6) is -0.133. The highest BCUT2D eigenvalue weighted by Crippen LogP contribution is 2.13. The highest BCUT2D eigenvalue weighted by molar-refractivity contribution is 5.76. The highest BCUT2D eigenvalue weighted by atomic mass is 16.5. The Bertz CT molecular complexity index is 869. The van der Waals surface area contributed by atoms with Crippen molar-refractivity contribution in [2.45, 2.75) is 238 Å². The predicted molar refractivity (Wildman–Crippen MR) is 227 cm³/mol. The number of carbonyl (C=O) groups is 2. The number of unbranched alkanes of at least 4 members (excludes halogenated alkanes) is 26. The Morgan fingerprint density at radius 1 is 0.509 bits per heavy atom. The van der Waals surface area contributed by atoms with Gasteiger partial charge in [0.1, 0.15) is 0 Å². The average Bonchev–Trinajstić information content (AvgIpc) is 3.16. The molecule has 0 aromatic rings. The summed E-state index contributed by atoms with van der Waals surface area (Å²) in [6.07, 6.45) is 49.8. The largest absolute Gasteiger partial charge is 0.466 e. The molecule has 0 aliphatic heterocycles. The lowest BCUT2D eigenvalue weighted by Crippen LogP contribution is -2.45. The second-order valence-electron chi connectivity index (χ2n) is 15.4. The van der Waals surface area contributed by atoms with Gasteiger partial charge in [-0.25, -0.2) is 0 Å². The fraction of sp³-hybridized carbons (Fsp3) is 0.830. The summed E-state index contributed by atoms with van der Waals surface area (Å²) < 4.78 is 5.41. The molecule has 0 bridgehead atoms. The first kappa shape index (κ1) is 51.1. The van der Waals surface area contributed by atoms with Crippen LogP contribution in [0.15, 0.2) is 36.5 Å². The van der Waals surface area contributed by atoms with Crippen molar-refractivity contribution in [2.24, 2.45) is 0 Å². The number of rotatable bonds is 41. The molecular formula is C47H87NO5. The second kappa shape index (κ2) is 42.8. The molecule has 0 aliphatic carbocycles. The third-order valence-corrected chi connectivity index (χ3v) is 10.1. The summed E-state index contributed by atoms with van der Waals surface area (Å²) in [6.45, 7) is 4.78. The lowest BCUT2D eigenvalue weighted by Gasteiger charge is -2.20. The molecule has 1 amide bonds. The molecule has 53 heavy (non-hydrogen) atoms. The monoisotopic (exact) mass is 746 g/mol. The Balaban J connectivity index is 3.58. The van der Waals surface area contributed by atoms with E-state index in [1.807, 2.05) is 6.08 Å². The zero-order valence-electron chi connectivity index (χ0n) is 35.0. The number of esters is 1. The van der Waals surface area contributed by atoms with Gasteiger partial charge in [-0.2, -0.15) is 0 Å². The van der Waals surface area contributed by atoms with Gasteiger partial charge in [0.2, 0.25) is 5.91 Å². The third-order valence-electron chi connectivity index (χ3n) is 10.1. The number of allylic oxidation sites excluding steroid dienone is 5. The first-order valence-corrected chi connectivity index (χ1v) is 22.8. The third kappa shape index (κ3) is 39.6. The van der Waals surface area contributed by atoms with Crippen molar-refractivity contribution >= 4 is 11.9 Å². The lowest BCUT2D eigenvalue weighted by atomic mass is 10.0. The van der Waals surface area contributed by atoms with E-state index in [1.165, 1.54) is 116 Å². The Labute approximate surface area is 328 Å². The number of nitrogens with one attached hydrogen (secondary N) is 1. The molecule has 6 nitrogen and oxygen atoms in total. The maximum Gasteiger partial charge on any atom is 0.305 e. The van der Waals surface area contributed by atoms with E-state index in [0.29, 0.717) is 19.4 Å². The van der Waals surface area contributed by atoms with Gasteiger partial charge >= 0.3 is 5.97 Å². The normalized spacial score (nSPS) is 13.1. The Morgan fingerprint density at radius 2 is 0.906 bits per heavy atom. The lowest BCUT2D eigenvalue weighted by molar-refractivity contribution is -0.143. The van der Waals surface area contributed by atoms with E-state index in [4.69, 9.17) is 4.74 Å². The van der Waals surface area contributed by atoms with Crippen molar-refractivity contribution in [3.05, 3.63) is 36.5 Å². The summed E-state index contributed by atoms with van der Waals surface area (Å²) >= 11 is 0. The van der Waals surface area contributed by atoms with Crippen LogP contribution >= 0.6 is 0 Å². The summed E-state index contributed by atoms with van der Waals surface area (Å²) in [5.41, 5.74) is 0. The molecule has 0 saturated carbocycles. The quantitative estimate of drug-likeness (QED) is 0.0329.